The van der Waals surface area contributed by atoms with Crippen LogP contribution in [0.1, 0.15) is 38.3 Å². The van der Waals surface area contributed by atoms with Gasteiger partial charge < -0.3 is 11.5 Å². The van der Waals surface area contributed by atoms with Crippen molar-refractivity contribution in [2.45, 2.75) is 33.1 Å². The number of nitrogens with zero attached hydrogens (tertiary/aromatic N) is 2. The van der Waals surface area contributed by atoms with Gasteiger partial charge in [-0.2, -0.15) is 4.37 Å². The van der Waals surface area contributed by atoms with Crippen LogP contribution in [0.5, 0.6) is 0 Å². The highest BCUT2D eigenvalue weighted by Gasteiger charge is 2.23. The van der Waals surface area contributed by atoms with Crippen molar-refractivity contribution in [2.24, 2.45) is 10.7 Å². The molecule has 1 heterocycles. The minimum atomic E-state index is -0.0130. The standard InChI is InChI=1S/C11H18N4S/c1-5-6-14-10(13)8-7(12)9(16-15-8)11(2,3)4/h5-6H,12H2,1-4H3,(H2,13,14)/b6-5-. The lowest BCUT2D eigenvalue weighted by Crippen LogP contribution is -2.17. The molecule has 0 aliphatic carbocycles. The van der Waals surface area contributed by atoms with E-state index in [1.807, 2.05) is 6.92 Å². The highest BCUT2D eigenvalue weighted by molar-refractivity contribution is 7.06. The molecule has 0 fully saturated rings. The monoisotopic (exact) mass is 238 g/mol. The number of rotatable bonds is 2. The maximum absolute atomic E-state index is 6.03. The van der Waals surface area contributed by atoms with E-state index in [2.05, 4.69) is 30.1 Å². The fourth-order valence-electron chi connectivity index (χ4n) is 1.24. The fourth-order valence-corrected chi connectivity index (χ4v) is 2.08. The van der Waals surface area contributed by atoms with E-state index in [0.29, 0.717) is 17.2 Å². The normalized spacial score (nSPS) is 13.6. The van der Waals surface area contributed by atoms with Gasteiger partial charge in [-0.1, -0.05) is 26.8 Å². The summed E-state index contributed by atoms with van der Waals surface area (Å²) >= 11 is 1.38. The summed E-state index contributed by atoms with van der Waals surface area (Å²) < 4.78 is 4.26. The first-order valence-corrected chi connectivity index (χ1v) is 5.85. The van der Waals surface area contributed by atoms with Gasteiger partial charge in [-0.3, -0.25) is 0 Å². The van der Waals surface area contributed by atoms with Gasteiger partial charge in [0.25, 0.3) is 0 Å². The third kappa shape index (κ3) is 2.61. The van der Waals surface area contributed by atoms with Crippen molar-refractivity contribution in [1.29, 1.82) is 0 Å². The van der Waals surface area contributed by atoms with Gasteiger partial charge in [0.15, 0.2) is 5.84 Å². The predicted molar refractivity (Wildman–Crippen MR) is 70.8 cm³/mol. The quantitative estimate of drug-likeness (QED) is 0.613. The smallest absolute Gasteiger partial charge is 0.152 e. The zero-order valence-corrected chi connectivity index (χ0v) is 10.9. The number of aliphatic imine (C=N–C) groups is 1. The van der Waals surface area contributed by atoms with Gasteiger partial charge in [0, 0.05) is 6.20 Å². The molecule has 0 atom stereocenters. The van der Waals surface area contributed by atoms with Gasteiger partial charge in [0.1, 0.15) is 5.69 Å². The van der Waals surface area contributed by atoms with E-state index in [1.54, 1.807) is 12.3 Å². The Hall–Kier alpha value is -1.36. The SMILES string of the molecule is C/C=C\N=C(\N)c1nsc(C(C)(C)C)c1N. The van der Waals surface area contributed by atoms with Crippen molar-refractivity contribution in [3.8, 4) is 0 Å². The fraction of sp³-hybridized carbons (Fsp3) is 0.455. The second kappa shape index (κ2) is 4.65. The number of hydrogen-bond acceptors (Lipinski definition) is 4. The Balaban J connectivity index is 3.15. The van der Waals surface area contributed by atoms with Gasteiger partial charge in [0.2, 0.25) is 0 Å². The summed E-state index contributed by atoms with van der Waals surface area (Å²) in [4.78, 5) is 5.09. The lowest BCUT2D eigenvalue weighted by atomic mass is 9.93. The van der Waals surface area contributed by atoms with Gasteiger partial charge >= 0.3 is 0 Å². The minimum Gasteiger partial charge on any atom is -0.396 e. The van der Waals surface area contributed by atoms with Crippen LogP contribution in [0.3, 0.4) is 0 Å². The van der Waals surface area contributed by atoms with Crippen LogP contribution in [0.2, 0.25) is 0 Å². The summed E-state index contributed by atoms with van der Waals surface area (Å²) in [6.45, 7) is 8.17. The Morgan fingerprint density at radius 1 is 1.44 bits per heavy atom. The van der Waals surface area contributed by atoms with E-state index in [4.69, 9.17) is 11.5 Å². The summed E-state index contributed by atoms with van der Waals surface area (Å²) in [6.07, 6.45) is 3.44. The molecule has 0 bridgehead atoms. The molecule has 88 valence electrons. The average molecular weight is 238 g/mol. The van der Waals surface area contributed by atoms with E-state index in [-0.39, 0.29) is 5.41 Å². The van der Waals surface area contributed by atoms with Crippen molar-refractivity contribution in [1.82, 2.24) is 4.37 Å². The molecule has 1 aromatic rings. The molecule has 0 unspecified atom stereocenters. The Kier molecular flexibility index (Phi) is 3.70. The molecule has 4 nitrogen and oxygen atoms in total. The molecule has 5 heteroatoms. The topological polar surface area (TPSA) is 77.3 Å². The second-order valence-electron chi connectivity index (χ2n) is 4.52. The number of aromatic nitrogens is 1. The Labute approximate surface area is 100 Å². The molecular formula is C11H18N4S. The van der Waals surface area contributed by atoms with Crippen LogP contribution in [0.4, 0.5) is 5.69 Å². The summed E-state index contributed by atoms with van der Waals surface area (Å²) in [5.74, 6) is 0.363. The molecule has 0 aliphatic rings. The molecule has 16 heavy (non-hydrogen) atoms. The van der Waals surface area contributed by atoms with Crippen molar-refractivity contribution >= 4 is 23.1 Å². The van der Waals surface area contributed by atoms with Crippen LogP contribution in [0, 0.1) is 0 Å². The zero-order chi connectivity index (χ0) is 12.3. The van der Waals surface area contributed by atoms with Gasteiger partial charge in [0.05, 0.1) is 10.6 Å². The van der Waals surface area contributed by atoms with Gasteiger partial charge in [-0.25, -0.2) is 4.99 Å². The predicted octanol–water partition coefficient (Wildman–Crippen LogP) is 2.26. The van der Waals surface area contributed by atoms with E-state index >= 15 is 0 Å². The number of nitrogen functional groups attached to an aromatic ring is 1. The maximum Gasteiger partial charge on any atom is 0.152 e. The first-order valence-electron chi connectivity index (χ1n) is 5.08. The van der Waals surface area contributed by atoms with Crippen molar-refractivity contribution < 1.29 is 0 Å². The summed E-state index contributed by atoms with van der Waals surface area (Å²) in [5, 5.41) is 0. The van der Waals surface area contributed by atoms with Crippen LogP contribution in [0.15, 0.2) is 17.3 Å². The highest BCUT2D eigenvalue weighted by atomic mass is 32.1. The lowest BCUT2D eigenvalue weighted by Gasteiger charge is -2.16. The summed E-state index contributed by atoms with van der Waals surface area (Å²) in [7, 11) is 0. The largest absolute Gasteiger partial charge is 0.396 e. The van der Waals surface area contributed by atoms with Gasteiger partial charge in [-0.15, -0.1) is 0 Å². The molecule has 1 aromatic heterocycles. The molecule has 4 N–H and O–H groups in total. The molecule has 0 spiro atoms. The first kappa shape index (κ1) is 12.7. The minimum absolute atomic E-state index is 0.0130. The molecule has 0 amide bonds. The molecule has 0 saturated heterocycles. The molecule has 0 aliphatic heterocycles. The summed E-state index contributed by atoms with van der Waals surface area (Å²) in [5.41, 5.74) is 13.0. The van der Waals surface area contributed by atoms with Crippen LogP contribution in [-0.4, -0.2) is 10.2 Å². The summed E-state index contributed by atoms with van der Waals surface area (Å²) in [6, 6.07) is 0. The molecule has 0 radical (unpaired) electrons. The molecule has 0 aromatic carbocycles. The van der Waals surface area contributed by atoms with E-state index < -0.39 is 0 Å². The van der Waals surface area contributed by atoms with Crippen LogP contribution >= 0.6 is 11.5 Å². The Morgan fingerprint density at radius 2 is 2.06 bits per heavy atom. The third-order valence-corrected chi connectivity index (χ3v) is 3.30. The third-order valence-electron chi connectivity index (χ3n) is 2.01. The second-order valence-corrected chi connectivity index (χ2v) is 5.29. The van der Waals surface area contributed by atoms with E-state index in [9.17, 15) is 0 Å². The van der Waals surface area contributed by atoms with Gasteiger partial charge in [-0.05, 0) is 23.9 Å². The van der Waals surface area contributed by atoms with Crippen molar-refractivity contribution in [3.63, 3.8) is 0 Å². The number of allylic oxidation sites excluding steroid dienone is 1. The van der Waals surface area contributed by atoms with Crippen molar-refractivity contribution in [3.05, 3.63) is 22.8 Å². The Morgan fingerprint density at radius 3 is 2.50 bits per heavy atom. The first-order chi connectivity index (χ1) is 7.38. The van der Waals surface area contributed by atoms with Crippen LogP contribution < -0.4 is 11.5 Å². The average Bonchev–Trinajstić information content (AvgIpc) is 2.56. The number of nitrogens with two attached hydrogens (primary N) is 2. The number of anilines is 1. The lowest BCUT2D eigenvalue weighted by molar-refractivity contribution is 0.606. The molecule has 1 rings (SSSR count). The van der Waals surface area contributed by atoms with Crippen LogP contribution in [-0.2, 0) is 5.41 Å². The molecule has 0 saturated carbocycles. The highest BCUT2D eigenvalue weighted by Crippen LogP contribution is 2.33. The number of amidine groups is 1. The number of hydrogen-bond donors (Lipinski definition) is 2. The van der Waals surface area contributed by atoms with Crippen molar-refractivity contribution in [2.75, 3.05) is 5.73 Å². The van der Waals surface area contributed by atoms with E-state index in [1.165, 1.54) is 11.5 Å². The van der Waals surface area contributed by atoms with E-state index in [0.717, 1.165) is 4.88 Å². The molecular weight excluding hydrogens is 220 g/mol. The zero-order valence-electron chi connectivity index (χ0n) is 10.1. The van der Waals surface area contributed by atoms with Crippen LogP contribution in [0.25, 0.3) is 0 Å². The maximum atomic E-state index is 6.03. The Bertz CT molecular complexity index is 424.